The third-order valence-electron chi connectivity index (χ3n) is 1.63. The summed E-state index contributed by atoms with van der Waals surface area (Å²) >= 11 is 0. The van der Waals surface area contributed by atoms with E-state index in [2.05, 4.69) is 10.3 Å². The second-order valence-corrected chi connectivity index (χ2v) is 2.57. The van der Waals surface area contributed by atoms with Crippen LogP contribution in [-0.4, -0.2) is 15.0 Å². The van der Waals surface area contributed by atoms with Crippen molar-refractivity contribution in [3.05, 3.63) is 42.0 Å². The summed E-state index contributed by atoms with van der Waals surface area (Å²) in [4.78, 5) is 0. The predicted molar refractivity (Wildman–Crippen MR) is 41.2 cm³/mol. The second kappa shape index (κ2) is 3.13. The molecule has 0 unspecified atom stereocenters. The van der Waals surface area contributed by atoms with Gasteiger partial charge in [0, 0.05) is 12.1 Å². The Morgan fingerprint density at radius 1 is 1.07 bits per heavy atom. The van der Waals surface area contributed by atoms with Gasteiger partial charge >= 0.3 is 0 Å². The Morgan fingerprint density at radius 2 is 1.71 bits per heavy atom. The fourth-order valence-electron chi connectivity index (χ4n) is 1.08. The van der Waals surface area contributed by atoms with Crippen molar-refractivity contribution in [2.24, 2.45) is 0 Å². The second-order valence-electron chi connectivity index (χ2n) is 2.57. The summed E-state index contributed by atoms with van der Waals surface area (Å²) in [5, 5.41) is 6.79. The van der Waals surface area contributed by atoms with Crippen molar-refractivity contribution in [2.45, 2.75) is 0 Å². The number of rotatable bonds is 1. The van der Waals surface area contributed by atoms with Crippen LogP contribution in [0.3, 0.4) is 0 Å². The molecule has 0 spiro atoms. The maximum absolute atomic E-state index is 13.1. The summed E-state index contributed by atoms with van der Waals surface area (Å²) in [6.45, 7) is 0. The normalized spacial score (nSPS) is 10.5. The summed E-state index contributed by atoms with van der Waals surface area (Å²) < 4.78 is 39.6. The van der Waals surface area contributed by atoms with Crippen molar-refractivity contribution in [1.29, 1.82) is 0 Å². The Morgan fingerprint density at radius 3 is 2.21 bits per heavy atom. The van der Waals surface area contributed by atoms with E-state index in [1.54, 1.807) is 0 Å². The highest BCUT2D eigenvalue weighted by molar-refractivity contribution is 5.34. The van der Waals surface area contributed by atoms with Crippen molar-refractivity contribution in [3.8, 4) is 5.69 Å². The molecule has 0 saturated heterocycles. The zero-order valence-electron chi connectivity index (χ0n) is 6.78. The molecule has 1 aromatic heterocycles. The van der Waals surface area contributed by atoms with E-state index in [0.29, 0.717) is 12.1 Å². The predicted octanol–water partition coefficient (Wildman–Crippen LogP) is 1.68. The Kier molecular flexibility index (Phi) is 1.95. The van der Waals surface area contributed by atoms with Crippen molar-refractivity contribution in [3.63, 3.8) is 0 Å². The third-order valence-corrected chi connectivity index (χ3v) is 1.63. The molecule has 1 heterocycles. The van der Waals surface area contributed by atoms with Gasteiger partial charge in [0.1, 0.15) is 11.5 Å². The van der Waals surface area contributed by atoms with Crippen LogP contribution in [0, 0.1) is 17.5 Å². The van der Waals surface area contributed by atoms with Crippen LogP contribution in [0.25, 0.3) is 5.69 Å². The van der Waals surface area contributed by atoms with Crippen molar-refractivity contribution in [2.75, 3.05) is 0 Å². The smallest absolute Gasteiger partial charge is 0.154 e. The third kappa shape index (κ3) is 1.34. The van der Waals surface area contributed by atoms with Crippen LogP contribution in [0.5, 0.6) is 0 Å². The van der Waals surface area contributed by atoms with Gasteiger partial charge in [-0.15, -0.1) is 5.10 Å². The molecule has 0 aliphatic rings. The van der Waals surface area contributed by atoms with Crippen LogP contribution in [0.2, 0.25) is 0 Å². The first-order valence-electron chi connectivity index (χ1n) is 3.69. The van der Waals surface area contributed by atoms with E-state index >= 15 is 0 Å². The quantitative estimate of drug-likeness (QED) is 0.699. The minimum Gasteiger partial charge on any atom is -0.215 e. The standard InChI is InChI=1S/C8H4F3N3/c9-5-3-6(10)8(7(11)4-5)14-2-1-12-13-14/h1-4H. The molecule has 2 rings (SSSR count). The fraction of sp³-hybridized carbons (Fsp3) is 0. The zero-order chi connectivity index (χ0) is 10.1. The average Bonchev–Trinajstić information content (AvgIpc) is 2.54. The summed E-state index contributed by atoms with van der Waals surface area (Å²) in [5.74, 6) is -3.01. The SMILES string of the molecule is Fc1cc(F)c(-n2ccnn2)c(F)c1. The Balaban J connectivity index is 2.64. The molecule has 0 bridgehead atoms. The first-order chi connectivity index (χ1) is 6.68. The average molecular weight is 199 g/mol. The van der Waals surface area contributed by atoms with Crippen molar-refractivity contribution >= 4 is 0 Å². The van der Waals surface area contributed by atoms with E-state index in [-0.39, 0.29) is 0 Å². The molecule has 14 heavy (non-hydrogen) atoms. The molecule has 0 aliphatic carbocycles. The molecule has 72 valence electrons. The molecular formula is C8H4F3N3. The summed E-state index contributed by atoms with van der Waals surface area (Å²) in [6, 6.07) is 1.17. The monoisotopic (exact) mass is 199 g/mol. The number of halogens is 3. The minimum atomic E-state index is -1.02. The molecule has 3 nitrogen and oxygen atoms in total. The number of hydrogen-bond acceptors (Lipinski definition) is 2. The van der Waals surface area contributed by atoms with Gasteiger partial charge in [0.25, 0.3) is 0 Å². The van der Waals surface area contributed by atoms with E-state index in [1.807, 2.05) is 0 Å². The first kappa shape index (κ1) is 8.74. The van der Waals surface area contributed by atoms with Gasteiger partial charge in [-0.1, -0.05) is 5.21 Å². The summed E-state index contributed by atoms with van der Waals surface area (Å²) in [6.07, 6.45) is 2.53. The highest BCUT2D eigenvalue weighted by atomic mass is 19.1. The molecule has 0 radical (unpaired) electrons. The topological polar surface area (TPSA) is 30.7 Å². The Labute approximate surface area is 76.8 Å². The van der Waals surface area contributed by atoms with E-state index in [1.165, 1.54) is 12.4 Å². The van der Waals surface area contributed by atoms with E-state index in [9.17, 15) is 13.2 Å². The molecule has 0 atom stereocenters. The van der Waals surface area contributed by atoms with Gasteiger partial charge in [-0.25, -0.2) is 17.9 Å². The molecule has 6 heteroatoms. The lowest BCUT2D eigenvalue weighted by atomic mass is 10.3. The van der Waals surface area contributed by atoms with Gasteiger partial charge in [-0.3, -0.25) is 0 Å². The van der Waals surface area contributed by atoms with Gasteiger partial charge in [-0.2, -0.15) is 0 Å². The molecule has 0 amide bonds. The summed E-state index contributed by atoms with van der Waals surface area (Å²) in [5.41, 5.74) is -0.441. The maximum Gasteiger partial charge on any atom is 0.154 e. The lowest BCUT2D eigenvalue weighted by Gasteiger charge is -2.03. The molecular weight excluding hydrogens is 195 g/mol. The van der Waals surface area contributed by atoms with Crippen LogP contribution in [0.1, 0.15) is 0 Å². The highest BCUT2D eigenvalue weighted by Crippen LogP contribution is 2.17. The van der Waals surface area contributed by atoms with Crippen LogP contribution < -0.4 is 0 Å². The van der Waals surface area contributed by atoms with Crippen molar-refractivity contribution < 1.29 is 13.2 Å². The number of aromatic nitrogens is 3. The lowest BCUT2D eigenvalue weighted by Crippen LogP contribution is -2.03. The maximum atomic E-state index is 13.1. The van der Waals surface area contributed by atoms with E-state index in [4.69, 9.17) is 0 Å². The molecule has 0 aliphatic heterocycles. The van der Waals surface area contributed by atoms with Gasteiger partial charge in [0.2, 0.25) is 0 Å². The van der Waals surface area contributed by atoms with E-state index in [0.717, 1.165) is 4.68 Å². The lowest BCUT2D eigenvalue weighted by molar-refractivity contribution is 0.526. The largest absolute Gasteiger partial charge is 0.215 e. The summed E-state index contributed by atoms with van der Waals surface area (Å²) in [7, 11) is 0. The van der Waals surface area contributed by atoms with Crippen LogP contribution in [0.4, 0.5) is 13.2 Å². The molecule has 0 N–H and O–H groups in total. The van der Waals surface area contributed by atoms with Crippen LogP contribution >= 0.6 is 0 Å². The minimum absolute atomic E-state index is 0.441. The Bertz CT molecular complexity index is 430. The van der Waals surface area contributed by atoms with Gasteiger partial charge in [0.15, 0.2) is 11.6 Å². The van der Waals surface area contributed by atoms with Gasteiger partial charge in [-0.05, 0) is 0 Å². The van der Waals surface area contributed by atoms with E-state index < -0.39 is 23.1 Å². The fourth-order valence-corrected chi connectivity index (χ4v) is 1.08. The van der Waals surface area contributed by atoms with Crippen molar-refractivity contribution in [1.82, 2.24) is 15.0 Å². The van der Waals surface area contributed by atoms with Gasteiger partial charge < -0.3 is 0 Å². The molecule has 0 saturated carbocycles. The van der Waals surface area contributed by atoms with Crippen LogP contribution in [-0.2, 0) is 0 Å². The number of nitrogens with zero attached hydrogens (tertiary/aromatic N) is 3. The molecule has 2 aromatic rings. The van der Waals surface area contributed by atoms with Crippen LogP contribution in [0.15, 0.2) is 24.5 Å². The molecule has 0 fully saturated rings. The first-order valence-corrected chi connectivity index (χ1v) is 3.69. The van der Waals surface area contributed by atoms with Gasteiger partial charge in [0.05, 0.1) is 12.4 Å². The zero-order valence-corrected chi connectivity index (χ0v) is 6.78. The number of benzene rings is 1. The molecule has 1 aromatic carbocycles. The highest BCUT2D eigenvalue weighted by Gasteiger charge is 2.13. The Hall–Kier alpha value is -1.85. The number of hydrogen-bond donors (Lipinski definition) is 0.